The van der Waals surface area contributed by atoms with Gasteiger partial charge in [0.15, 0.2) is 9.84 Å². The van der Waals surface area contributed by atoms with E-state index in [0.29, 0.717) is 11.4 Å². The van der Waals surface area contributed by atoms with E-state index in [-0.39, 0.29) is 6.68 Å². The number of sulfone groups is 1. The van der Waals surface area contributed by atoms with Crippen molar-refractivity contribution in [2.24, 2.45) is 0 Å². The summed E-state index contributed by atoms with van der Waals surface area (Å²) in [6.45, 7) is 6.84. The van der Waals surface area contributed by atoms with Gasteiger partial charge in [-0.05, 0) is 32.0 Å². The molecule has 0 aliphatic carbocycles. The third-order valence-corrected chi connectivity index (χ3v) is 4.72. The van der Waals surface area contributed by atoms with E-state index in [9.17, 15) is 8.42 Å². The third-order valence-electron chi connectivity index (χ3n) is 2.47. The zero-order chi connectivity index (χ0) is 12.2. The molecule has 0 unspecified atom stereocenters. The van der Waals surface area contributed by atoms with Crippen molar-refractivity contribution in [2.75, 3.05) is 6.54 Å². The van der Waals surface area contributed by atoms with E-state index in [0.717, 1.165) is 12.1 Å². The van der Waals surface area contributed by atoms with E-state index in [4.69, 9.17) is 0 Å². The van der Waals surface area contributed by atoms with Crippen LogP contribution in [0.15, 0.2) is 29.2 Å². The van der Waals surface area contributed by atoms with Gasteiger partial charge in [0.1, 0.15) is 0 Å². The van der Waals surface area contributed by atoms with Crippen molar-refractivity contribution in [2.45, 2.75) is 37.5 Å². The molecule has 0 saturated heterocycles. The second-order valence-electron chi connectivity index (χ2n) is 3.98. The number of nitrogens with one attached hydrogen (secondary N) is 1. The van der Waals surface area contributed by atoms with E-state index in [1.807, 2.05) is 19.1 Å². The van der Waals surface area contributed by atoms with Gasteiger partial charge >= 0.3 is 0 Å². The molecular formula is C12H21NO2S. The predicted octanol–water partition coefficient (Wildman–Crippen LogP) is 2.22. The molecule has 0 aromatic heterocycles. The third kappa shape index (κ3) is 2.83. The molecule has 0 atom stereocenters. The van der Waals surface area contributed by atoms with Crippen LogP contribution in [0.4, 0.5) is 0 Å². The van der Waals surface area contributed by atoms with Crippen LogP contribution in [0.5, 0.6) is 0 Å². The fourth-order valence-corrected chi connectivity index (χ4v) is 2.72. The first-order valence-electron chi connectivity index (χ1n) is 5.52. The number of hydrogen-bond acceptors (Lipinski definition) is 3. The Balaban J connectivity index is 0.00000256. The minimum absolute atomic E-state index is 0. The normalized spacial score (nSPS) is 12.0. The summed E-state index contributed by atoms with van der Waals surface area (Å²) < 4.78 is 24.2. The number of hydrogen-bond donors (Lipinski definition) is 1. The van der Waals surface area contributed by atoms with E-state index < -0.39 is 9.84 Å². The Morgan fingerprint density at radius 2 is 1.94 bits per heavy atom. The van der Waals surface area contributed by atoms with Crippen LogP contribution in [0, 0.1) is 0 Å². The summed E-state index contributed by atoms with van der Waals surface area (Å²) in [4.78, 5) is 0.450. The average molecular weight is 243 g/mol. The second-order valence-corrected chi connectivity index (χ2v) is 6.45. The minimum Gasteiger partial charge on any atom is -0.313 e. The summed E-state index contributed by atoms with van der Waals surface area (Å²) in [6, 6.07) is 7.18. The fourth-order valence-electron chi connectivity index (χ4n) is 1.44. The molecule has 3 nitrogen and oxygen atoms in total. The Kier molecular flexibility index (Phi) is 4.50. The standard InChI is InChI=1S/C12H19NO2S.H2/c1-4-13-9-11-7-5-6-8-12(11)16(14,15)10(2)3;/h5-8,10,13H,4,9H2,1-3H3;1H. The van der Waals surface area contributed by atoms with Crippen molar-refractivity contribution in [3.63, 3.8) is 0 Å². The zero-order valence-corrected chi connectivity index (χ0v) is 10.8. The smallest absolute Gasteiger partial charge is 0.181 e. The summed E-state index contributed by atoms with van der Waals surface area (Å²) in [7, 11) is -3.18. The highest BCUT2D eigenvalue weighted by atomic mass is 32.2. The Morgan fingerprint density at radius 3 is 2.50 bits per heavy atom. The SMILES string of the molecule is CCNCc1ccccc1S(=O)(=O)C(C)C.[HH]. The number of benzene rings is 1. The molecule has 0 fully saturated rings. The lowest BCUT2D eigenvalue weighted by molar-refractivity contribution is 0.584. The fraction of sp³-hybridized carbons (Fsp3) is 0.500. The predicted molar refractivity (Wildman–Crippen MR) is 68.3 cm³/mol. The van der Waals surface area contributed by atoms with Crippen molar-refractivity contribution in [3.8, 4) is 0 Å². The number of rotatable bonds is 5. The lowest BCUT2D eigenvalue weighted by atomic mass is 10.2. The van der Waals surface area contributed by atoms with E-state index in [1.54, 1.807) is 26.0 Å². The molecule has 92 valence electrons. The average Bonchev–Trinajstić information content (AvgIpc) is 2.26. The van der Waals surface area contributed by atoms with Crippen LogP contribution < -0.4 is 5.32 Å². The molecule has 0 spiro atoms. The van der Waals surface area contributed by atoms with Crippen molar-refractivity contribution < 1.29 is 9.84 Å². The van der Waals surface area contributed by atoms with Crippen LogP contribution in [0.3, 0.4) is 0 Å². The molecule has 1 N–H and O–H groups in total. The first-order chi connectivity index (χ1) is 7.50. The van der Waals surface area contributed by atoms with Crippen LogP contribution >= 0.6 is 0 Å². The molecule has 1 aromatic rings. The van der Waals surface area contributed by atoms with Crippen molar-refractivity contribution in [1.29, 1.82) is 0 Å². The highest BCUT2D eigenvalue weighted by Crippen LogP contribution is 2.20. The summed E-state index contributed by atoms with van der Waals surface area (Å²) in [6.07, 6.45) is 0. The minimum atomic E-state index is -3.18. The lowest BCUT2D eigenvalue weighted by Gasteiger charge is -2.12. The van der Waals surface area contributed by atoms with Crippen molar-refractivity contribution in [3.05, 3.63) is 29.8 Å². The van der Waals surface area contributed by atoms with Crippen LogP contribution in [0.2, 0.25) is 0 Å². The second kappa shape index (κ2) is 5.46. The molecule has 1 rings (SSSR count). The van der Waals surface area contributed by atoms with Gasteiger partial charge in [0, 0.05) is 7.97 Å². The summed E-state index contributed by atoms with van der Waals surface area (Å²) in [5, 5.41) is 2.77. The Hall–Kier alpha value is -0.870. The van der Waals surface area contributed by atoms with Gasteiger partial charge in [-0.2, -0.15) is 0 Å². The molecule has 0 bridgehead atoms. The van der Waals surface area contributed by atoms with Gasteiger partial charge in [-0.1, -0.05) is 25.1 Å². The molecule has 0 heterocycles. The largest absolute Gasteiger partial charge is 0.313 e. The Morgan fingerprint density at radius 1 is 1.31 bits per heavy atom. The zero-order valence-electron chi connectivity index (χ0n) is 10.0. The van der Waals surface area contributed by atoms with Crippen molar-refractivity contribution in [1.82, 2.24) is 5.32 Å². The van der Waals surface area contributed by atoms with Crippen LogP contribution in [-0.2, 0) is 16.4 Å². The van der Waals surface area contributed by atoms with E-state index in [2.05, 4.69) is 5.32 Å². The van der Waals surface area contributed by atoms with Gasteiger partial charge in [-0.3, -0.25) is 0 Å². The quantitative estimate of drug-likeness (QED) is 0.862. The summed E-state index contributed by atoms with van der Waals surface area (Å²) >= 11 is 0. The topological polar surface area (TPSA) is 46.2 Å². The van der Waals surface area contributed by atoms with Crippen molar-refractivity contribution >= 4 is 9.84 Å². The van der Waals surface area contributed by atoms with Crippen LogP contribution in [0.1, 0.15) is 27.8 Å². The highest BCUT2D eigenvalue weighted by Gasteiger charge is 2.21. The molecular weight excluding hydrogens is 222 g/mol. The highest BCUT2D eigenvalue weighted by molar-refractivity contribution is 7.92. The lowest BCUT2D eigenvalue weighted by Crippen LogP contribution is -2.19. The maximum Gasteiger partial charge on any atom is 0.181 e. The van der Waals surface area contributed by atoms with Gasteiger partial charge in [0.05, 0.1) is 10.1 Å². The van der Waals surface area contributed by atoms with Gasteiger partial charge in [0.2, 0.25) is 0 Å². The van der Waals surface area contributed by atoms with E-state index >= 15 is 0 Å². The molecule has 0 saturated carbocycles. The monoisotopic (exact) mass is 243 g/mol. The van der Waals surface area contributed by atoms with Crippen LogP contribution in [0.25, 0.3) is 0 Å². The van der Waals surface area contributed by atoms with Gasteiger partial charge in [-0.25, -0.2) is 8.42 Å². The van der Waals surface area contributed by atoms with Gasteiger partial charge in [-0.15, -0.1) is 0 Å². The first kappa shape index (κ1) is 13.2. The Labute approximate surface area is 99.3 Å². The molecule has 0 aliphatic heterocycles. The van der Waals surface area contributed by atoms with Gasteiger partial charge in [0.25, 0.3) is 0 Å². The maximum absolute atomic E-state index is 12.1. The summed E-state index contributed by atoms with van der Waals surface area (Å²) in [5.41, 5.74) is 0.845. The Bertz CT molecular complexity index is 444. The molecule has 16 heavy (non-hydrogen) atoms. The molecule has 1 aromatic carbocycles. The molecule has 0 radical (unpaired) electrons. The van der Waals surface area contributed by atoms with Gasteiger partial charge < -0.3 is 5.32 Å². The molecule has 4 heteroatoms. The summed E-state index contributed by atoms with van der Waals surface area (Å²) in [5.74, 6) is 0. The first-order valence-corrected chi connectivity index (χ1v) is 7.07. The molecule has 0 aliphatic rings. The van der Waals surface area contributed by atoms with E-state index in [1.165, 1.54) is 0 Å². The molecule has 0 amide bonds. The maximum atomic E-state index is 12.1. The van der Waals surface area contributed by atoms with Crippen LogP contribution in [-0.4, -0.2) is 20.2 Å².